The SMILES string of the molecule is COc1cc(/C=C2\SC(=S)N(CC(=O)Nc3ccc(S(N)(=O)=O)cc3)C2=O)cc(OC)c1O. The van der Waals surface area contributed by atoms with E-state index in [1.807, 2.05) is 0 Å². The van der Waals surface area contributed by atoms with Crippen molar-refractivity contribution in [1.29, 1.82) is 0 Å². The van der Waals surface area contributed by atoms with Crippen molar-refractivity contribution >= 4 is 61.9 Å². The highest BCUT2D eigenvalue weighted by Gasteiger charge is 2.33. The summed E-state index contributed by atoms with van der Waals surface area (Å²) in [5.41, 5.74) is 0.859. The van der Waals surface area contributed by atoms with Gasteiger partial charge in [0.2, 0.25) is 21.7 Å². The Labute approximate surface area is 199 Å². The fraction of sp³-hybridized carbons (Fsp3) is 0.150. The molecule has 0 saturated carbocycles. The van der Waals surface area contributed by atoms with Gasteiger partial charge in [-0.25, -0.2) is 13.6 Å². The van der Waals surface area contributed by atoms with Crippen LogP contribution in [-0.2, 0) is 19.6 Å². The lowest BCUT2D eigenvalue weighted by atomic mass is 10.1. The van der Waals surface area contributed by atoms with Crippen LogP contribution in [0.15, 0.2) is 46.2 Å². The molecule has 0 atom stereocenters. The molecule has 1 fully saturated rings. The standard InChI is InChI=1S/C20H19N3O7S3/c1-29-14-7-11(8-15(30-2)18(14)25)9-16-19(26)23(20(31)32-16)10-17(24)22-12-3-5-13(6-4-12)33(21,27)28/h3-9,25H,10H2,1-2H3,(H,22,24)(H2,21,27,28)/b16-9-. The van der Waals surface area contributed by atoms with Gasteiger partial charge in [-0.15, -0.1) is 0 Å². The van der Waals surface area contributed by atoms with E-state index >= 15 is 0 Å². The minimum atomic E-state index is -3.85. The van der Waals surface area contributed by atoms with Crippen molar-refractivity contribution in [3.8, 4) is 17.2 Å². The van der Waals surface area contributed by atoms with Gasteiger partial charge in [0, 0.05) is 5.69 Å². The van der Waals surface area contributed by atoms with Crippen LogP contribution < -0.4 is 19.9 Å². The van der Waals surface area contributed by atoms with Crippen LogP contribution in [0.25, 0.3) is 6.08 Å². The number of rotatable bonds is 7. The number of hydrogen-bond acceptors (Lipinski definition) is 9. The van der Waals surface area contributed by atoms with E-state index in [0.29, 0.717) is 11.3 Å². The van der Waals surface area contributed by atoms with Gasteiger partial charge < -0.3 is 19.9 Å². The molecule has 174 valence electrons. The van der Waals surface area contributed by atoms with Gasteiger partial charge in [0.1, 0.15) is 10.9 Å². The molecule has 2 aromatic rings. The third-order valence-electron chi connectivity index (χ3n) is 4.44. The van der Waals surface area contributed by atoms with E-state index in [1.165, 1.54) is 50.6 Å². The smallest absolute Gasteiger partial charge is 0.266 e. The molecule has 1 heterocycles. The molecule has 1 saturated heterocycles. The summed E-state index contributed by atoms with van der Waals surface area (Å²) in [7, 11) is -1.07. The van der Waals surface area contributed by atoms with E-state index in [0.717, 1.165) is 16.7 Å². The number of benzene rings is 2. The van der Waals surface area contributed by atoms with Gasteiger partial charge in [0.25, 0.3) is 5.91 Å². The minimum Gasteiger partial charge on any atom is -0.502 e. The molecular formula is C20H19N3O7S3. The number of aromatic hydroxyl groups is 1. The number of primary sulfonamides is 1. The number of phenols is 1. The van der Waals surface area contributed by atoms with Gasteiger partial charge in [-0.1, -0.05) is 24.0 Å². The molecule has 1 aliphatic rings. The van der Waals surface area contributed by atoms with Gasteiger partial charge in [0.15, 0.2) is 11.5 Å². The van der Waals surface area contributed by atoms with E-state index in [1.54, 1.807) is 6.08 Å². The van der Waals surface area contributed by atoms with Crippen molar-refractivity contribution < 1.29 is 32.6 Å². The summed E-state index contributed by atoms with van der Waals surface area (Å²) in [6.45, 7) is -0.332. The number of nitrogens with zero attached hydrogens (tertiary/aromatic N) is 1. The number of sulfonamides is 1. The number of nitrogens with two attached hydrogens (primary N) is 1. The average molecular weight is 510 g/mol. The Balaban J connectivity index is 1.73. The maximum atomic E-state index is 12.8. The second-order valence-electron chi connectivity index (χ2n) is 6.66. The minimum absolute atomic E-state index is 0.0925. The maximum absolute atomic E-state index is 12.8. The van der Waals surface area contributed by atoms with Crippen LogP contribution in [0.3, 0.4) is 0 Å². The Morgan fingerprint density at radius 2 is 1.79 bits per heavy atom. The molecule has 1 aliphatic heterocycles. The fourth-order valence-electron chi connectivity index (χ4n) is 2.86. The highest BCUT2D eigenvalue weighted by atomic mass is 32.2. The fourth-order valence-corrected chi connectivity index (χ4v) is 4.63. The van der Waals surface area contributed by atoms with Gasteiger partial charge in [-0.3, -0.25) is 14.5 Å². The summed E-state index contributed by atoms with van der Waals surface area (Å²) in [4.78, 5) is 26.6. The van der Waals surface area contributed by atoms with Crippen molar-refractivity contribution in [1.82, 2.24) is 4.90 Å². The van der Waals surface area contributed by atoms with Gasteiger partial charge in [-0.2, -0.15) is 0 Å². The summed E-state index contributed by atoms with van der Waals surface area (Å²) < 4.78 is 33.1. The molecule has 0 radical (unpaired) electrons. The highest BCUT2D eigenvalue weighted by molar-refractivity contribution is 8.26. The zero-order valence-corrected chi connectivity index (χ0v) is 19.8. The predicted octanol–water partition coefficient (Wildman–Crippen LogP) is 1.90. The molecule has 0 aliphatic carbocycles. The summed E-state index contributed by atoms with van der Waals surface area (Å²) in [5, 5.41) is 17.7. The van der Waals surface area contributed by atoms with Crippen LogP contribution in [-0.4, -0.2) is 55.3 Å². The van der Waals surface area contributed by atoms with Crippen molar-refractivity contribution in [2.24, 2.45) is 5.14 Å². The Morgan fingerprint density at radius 3 is 2.30 bits per heavy atom. The third kappa shape index (κ3) is 5.63. The first-order chi connectivity index (χ1) is 15.5. The topological polar surface area (TPSA) is 148 Å². The molecule has 33 heavy (non-hydrogen) atoms. The van der Waals surface area contributed by atoms with E-state index in [4.69, 9.17) is 26.8 Å². The van der Waals surface area contributed by atoms with Gasteiger partial charge in [0.05, 0.1) is 24.0 Å². The second kappa shape index (κ2) is 9.79. The third-order valence-corrected chi connectivity index (χ3v) is 6.75. The lowest BCUT2D eigenvalue weighted by Crippen LogP contribution is -2.36. The first kappa shape index (κ1) is 24.5. The monoisotopic (exact) mass is 509 g/mol. The number of nitrogens with one attached hydrogen (secondary N) is 1. The highest BCUT2D eigenvalue weighted by Crippen LogP contribution is 2.39. The largest absolute Gasteiger partial charge is 0.502 e. The predicted molar refractivity (Wildman–Crippen MR) is 128 cm³/mol. The molecule has 3 rings (SSSR count). The first-order valence-corrected chi connectivity index (χ1v) is 11.9. The molecule has 0 spiro atoms. The average Bonchev–Trinajstić information content (AvgIpc) is 3.01. The summed E-state index contributed by atoms with van der Waals surface area (Å²) in [5.74, 6) is -0.814. The molecular weight excluding hydrogens is 490 g/mol. The number of thioether (sulfide) groups is 1. The molecule has 0 unspecified atom stereocenters. The normalized spacial score (nSPS) is 15.1. The lowest BCUT2D eigenvalue weighted by molar-refractivity contribution is -0.126. The molecule has 13 heteroatoms. The van der Waals surface area contributed by atoms with Crippen LogP contribution >= 0.6 is 24.0 Å². The Morgan fingerprint density at radius 1 is 1.21 bits per heavy atom. The Bertz CT molecular complexity index is 1230. The zero-order chi connectivity index (χ0) is 24.3. The summed E-state index contributed by atoms with van der Waals surface area (Å²) >= 11 is 6.27. The van der Waals surface area contributed by atoms with Crippen LogP contribution in [0, 0.1) is 0 Å². The molecule has 0 aromatic heterocycles. The number of methoxy groups -OCH3 is 2. The lowest BCUT2D eigenvalue weighted by Gasteiger charge is -2.14. The molecule has 10 nitrogen and oxygen atoms in total. The van der Waals surface area contributed by atoms with Crippen LogP contribution in [0.4, 0.5) is 5.69 Å². The summed E-state index contributed by atoms with van der Waals surface area (Å²) in [6, 6.07) is 8.34. The van der Waals surface area contributed by atoms with Crippen molar-refractivity contribution in [3.05, 3.63) is 46.9 Å². The van der Waals surface area contributed by atoms with Crippen molar-refractivity contribution in [3.63, 3.8) is 0 Å². The van der Waals surface area contributed by atoms with Crippen molar-refractivity contribution in [2.45, 2.75) is 4.90 Å². The number of ether oxygens (including phenoxy) is 2. The van der Waals surface area contributed by atoms with Crippen molar-refractivity contribution in [2.75, 3.05) is 26.1 Å². The van der Waals surface area contributed by atoms with Crippen LogP contribution in [0.2, 0.25) is 0 Å². The quantitative estimate of drug-likeness (QED) is 0.376. The number of amides is 2. The number of carbonyl (C=O) groups is 2. The zero-order valence-electron chi connectivity index (χ0n) is 17.4. The number of carbonyl (C=O) groups excluding carboxylic acids is 2. The number of hydrogen-bond donors (Lipinski definition) is 3. The number of thiocarbonyl (C=S) groups is 1. The van der Waals surface area contributed by atoms with Gasteiger partial charge >= 0.3 is 0 Å². The summed E-state index contributed by atoms with van der Waals surface area (Å²) in [6.07, 6.45) is 1.55. The molecule has 2 aromatic carbocycles. The van der Waals surface area contributed by atoms with E-state index in [9.17, 15) is 23.1 Å². The Hall–Kier alpha value is -3.13. The second-order valence-corrected chi connectivity index (χ2v) is 9.90. The molecule has 2 amide bonds. The van der Waals surface area contributed by atoms with Crippen LogP contribution in [0.5, 0.6) is 17.2 Å². The molecule has 4 N–H and O–H groups in total. The van der Waals surface area contributed by atoms with Gasteiger partial charge in [-0.05, 0) is 48.0 Å². The van der Waals surface area contributed by atoms with Crippen LogP contribution in [0.1, 0.15) is 5.56 Å². The first-order valence-electron chi connectivity index (χ1n) is 9.16. The molecule has 0 bridgehead atoms. The maximum Gasteiger partial charge on any atom is 0.266 e. The van der Waals surface area contributed by atoms with E-state index in [2.05, 4.69) is 5.32 Å². The number of phenolic OH excluding ortho intramolecular Hbond substituents is 1. The van der Waals surface area contributed by atoms with E-state index in [-0.39, 0.29) is 37.9 Å². The number of anilines is 1. The van der Waals surface area contributed by atoms with E-state index < -0.39 is 21.8 Å². The Kier molecular flexibility index (Phi) is 7.27.